The molecule has 1 aromatic heterocycles. The normalized spacial score (nSPS) is 16.3. The summed E-state index contributed by atoms with van der Waals surface area (Å²) in [5.41, 5.74) is 4.33. The van der Waals surface area contributed by atoms with Crippen LogP contribution in [0.3, 0.4) is 0 Å². The number of fused-ring (bicyclic) bond motifs is 2. The van der Waals surface area contributed by atoms with Crippen LogP contribution in [0.1, 0.15) is 11.1 Å². The van der Waals surface area contributed by atoms with E-state index in [4.69, 9.17) is 4.42 Å². The average Bonchev–Trinajstić information content (AvgIpc) is 2.99. The van der Waals surface area contributed by atoms with Gasteiger partial charge in [-0.05, 0) is 37.6 Å². The second kappa shape index (κ2) is 4.93. The van der Waals surface area contributed by atoms with Crippen LogP contribution in [0.25, 0.3) is 0 Å². The van der Waals surface area contributed by atoms with Gasteiger partial charge < -0.3 is 8.97 Å². The van der Waals surface area contributed by atoms with Crippen LogP contribution < -0.4 is 4.90 Å². The van der Waals surface area contributed by atoms with Crippen LogP contribution in [-0.4, -0.2) is 4.55 Å². The fraction of sp³-hybridized carbons (Fsp3) is 0.111. The van der Waals surface area contributed by atoms with Crippen molar-refractivity contribution in [3.63, 3.8) is 0 Å². The van der Waals surface area contributed by atoms with E-state index in [1.807, 2.05) is 24.3 Å². The van der Waals surface area contributed by atoms with Gasteiger partial charge in [-0.2, -0.15) is 0 Å². The Hall–Kier alpha value is -2.17. The summed E-state index contributed by atoms with van der Waals surface area (Å²) in [6, 6.07) is 15.9. The van der Waals surface area contributed by atoms with E-state index in [2.05, 4.69) is 36.9 Å². The zero-order valence-electron chi connectivity index (χ0n) is 12.4. The highest BCUT2D eigenvalue weighted by Gasteiger charge is 2.37. The van der Waals surface area contributed by atoms with Crippen molar-refractivity contribution in [2.24, 2.45) is 0 Å². The van der Waals surface area contributed by atoms with Crippen molar-refractivity contribution in [2.75, 3.05) is 4.90 Å². The molecule has 4 heteroatoms. The molecule has 0 aliphatic carbocycles. The predicted molar refractivity (Wildman–Crippen MR) is 87.5 cm³/mol. The number of anilines is 3. The first-order valence-corrected chi connectivity index (χ1v) is 8.27. The number of nitrogens with zero attached hydrogens (tertiary/aromatic N) is 1. The molecule has 22 heavy (non-hydrogen) atoms. The Kier molecular flexibility index (Phi) is 3.03. The second-order valence-corrected chi connectivity index (χ2v) is 6.87. The van der Waals surface area contributed by atoms with E-state index in [9.17, 15) is 4.55 Å². The van der Waals surface area contributed by atoms with Gasteiger partial charge in [0.05, 0.1) is 12.0 Å². The lowest BCUT2D eigenvalue weighted by molar-refractivity contribution is 0.557. The van der Waals surface area contributed by atoms with Crippen LogP contribution in [0.15, 0.2) is 69.0 Å². The van der Waals surface area contributed by atoms with Gasteiger partial charge in [-0.25, -0.2) is 0 Å². The summed E-state index contributed by atoms with van der Waals surface area (Å²) in [5.74, 6) is 0.643. The molecule has 0 saturated carbocycles. The predicted octanol–water partition coefficient (Wildman–Crippen LogP) is 4.85. The minimum Gasteiger partial charge on any atom is -0.606 e. The highest BCUT2D eigenvalue weighted by Crippen LogP contribution is 2.48. The van der Waals surface area contributed by atoms with Crippen LogP contribution in [0.4, 0.5) is 17.3 Å². The molecule has 0 fully saturated rings. The highest BCUT2D eigenvalue weighted by molar-refractivity contribution is 7.92. The topological polar surface area (TPSA) is 39.4 Å². The summed E-state index contributed by atoms with van der Waals surface area (Å²) >= 11 is -1.20. The molecule has 0 N–H and O–H groups in total. The van der Waals surface area contributed by atoms with E-state index < -0.39 is 11.2 Å². The van der Waals surface area contributed by atoms with Crippen LogP contribution in [0.2, 0.25) is 0 Å². The molecule has 1 aliphatic heterocycles. The van der Waals surface area contributed by atoms with Gasteiger partial charge >= 0.3 is 0 Å². The van der Waals surface area contributed by atoms with Gasteiger partial charge in [-0.15, -0.1) is 0 Å². The van der Waals surface area contributed by atoms with Crippen molar-refractivity contribution in [2.45, 2.75) is 23.6 Å². The first-order chi connectivity index (χ1) is 10.7. The van der Waals surface area contributed by atoms with E-state index in [0.29, 0.717) is 5.88 Å². The monoisotopic (exact) mass is 309 g/mol. The first-order valence-electron chi connectivity index (χ1n) is 7.12. The minimum atomic E-state index is -1.20. The van der Waals surface area contributed by atoms with Crippen molar-refractivity contribution in [1.29, 1.82) is 0 Å². The molecule has 1 unspecified atom stereocenters. The molecule has 0 spiro atoms. The maximum absolute atomic E-state index is 12.7. The Balaban J connectivity index is 1.99. The molecule has 3 aromatic rings. The molecule has 110 valence electrons. The van der Waals surface area contributed by atoms with Crippen molar-refractivity contribution in [3.8, 4) is 0 Å². The Morgan fingerprint density at radius 1 is 0.955 bits per heavy atom. The molecular formula is C18H15NO2S. The fourth-order valence-electron chi connectivity index (χ4n) is 2.92. The molecule has 4 rings (SSSR count). The number of furan rings is 1. The number of benzene rings is 2. The summed E-state index contributed by atoms with van der Waals surface area (Å²) in [7, 11) is 0. The summed E-state index contributed by atoms with van der Waals surface area (Å²) in [6.45, 7) is 4.16. The standard InChI is InChI=1S/C18H15NO2S/c1-12-7-8-14(13(2)11-12)19-15-5-3-4-6-16(15)22(20)17-9-10-21-18(17)19/h3-11H,1-2H3. The SMILES string of the molecule is Cc1ccc(N2c3ccccc3[S+]([O-])c3ccoc32)c(C)c1. The molecule has 0 amide bonds. The van der Waals surface area contributed by atoms with Crippen molar-refractivity contribution in [1.82, 2.24) is 0 Å². The van der Waals surface area contributed by atoms with E-state index in [1.165, 1.54) is 5.56 Å². The maximum Gasteiger partial charge on any atom is 0.261 e. The zero-order valence-corrected chi connectivity index (χ0v) is 13.2. The van der Waals surface area contributed by atoms with E-state index >= 15 is 0 Å². The smallest absolute Gasteiger partial charge is 0.261 e. The van der Waals surface area contributed by atoms with Crippen LogP contribution >= 0.6 is 0 Å². The number of hydrogen-bond acceptors (Lipinski definition) is 3. The van der Waals surface area contributed by atoms with Crippen molar-refractivity contribution < 1.29 is 8.97 Å². The second-order valence-electron chi connectivity index (χ2n) is 5.45. The zero-order chi connectivity index (χ0) is 15.3. The average molecular weight is 309 g/mol. The molecule has 2 aromatic carbocycles. The largest absolute Gasteiger partial charge is 0.606 e. The molecule has 1 aliphatic rings. The van der Waals surface area contributed by atoms with E-state index in [0.717, 1.165) is 26.7 Å². The molecule has 0 saturated heterocycles. The van der Waals surface area contributed by atoms with Crippen LogP contribution in [-0.2, 0) is 11.2 Å². The maximum atomic E-state index is 12.7. The Morgan fingerprint density at radius 2 is 1.77 bits per heavy atom. The van der Waals surface area contributed by atoms with Gasteiger partial charge in [0.15, 0.2) is 4.90 Å². The summed E-state index contributed by atoms with van der Waals surface area (Å²) in [5, 5.41) is 0. The number of rotatable bonds is 1. The quantitative estimate of drug-likeness (QED) is 0.603. The number of hydrogen-bond donors (Lipinski definition) is 0. The van der Waals surface area contributed by atoms with Gasteiger partial charge in [-0.3, -0.25) is 4.90 Å². The highest BCUT2D eigenvalue weighted by atomic mass is 32.2. The third-order valence-electron chi connectivity index (χ3n) is 3.91. The lowest BCUT2D eigenvalue weighted by atomic mass is 10.1. The molecule has 2 heterocycles. The van der Waals surface area contributed by atoms with E-state index in [1.54, 1.807) is 12.3 Å². The minimum absolute atomic E-state index is 0.643. The molecule has 0 radical (unpaired) electrons. The third kappa shape index (κ3) is 1.88. The molecule has 3 nitrogen and oxygen atoms in total. The van der Waals surface area contributed by atoms with E-state index in [-0.39, 0.29) is 0 Å². The number of para-hydroxylation sites is 1. The van der Waals surface area contributed by atoms with Gasteiger partial charge in [0, 0.05) is 17.2 Å². The lowest BCUT2D eigenvalue weighted by Crippen LogP contribution is -2.21. The van der Waals surface area contributed by atoms with Crippen molar-refractivity contribution in [3.05, 3.63) is 65.9 Å². The summed E-state index contributed by atoms with van der Waals surface area (Å²) in [4.78, 5) is 3.59. The summed E-state index contributed by atoms with van der Waals surface area (Å²) in [6.07, 6.45) is 1.60. The summed E-state index contributed by atoms with van der Waals surface area (Å²) < 4.78 is 18.4. The Bertz CT molecular complexity index is 856. The van der Waals surface area contributed by atoms with Crippen molar-refractivity contribution >= 4 is 28.4 Å². The van der Waals surface area contributed by atoms with Gasteiger partial charge in [0.25, 0.3) is 5.88 Å². The van der Waals surface area contributed by atoms with Crippen LogP contribution in [0.5, 0.6) is 0 Å². The Labute approximate surface area is 132 Å². The van der Waals surface area contributed by atoms with Gasteiger partial charge in [0.2, 0.25) is 4.90 Å². The van der Waals surface area contributed by atoms with Gasteiger partial charge in [-0.1, -0.05) is 29.8 Å². The molecule has 0 bridgehead atoms. The Morgan fingerprint density at radius 3 is 2.59 bits per heavy atom. The van der Waals surface area contributed by atoms with Crippen LogP contribution in [0, 0.1) is 13.8 Å². The molecule has 1 atom stereocenters. The molecular weight excluding hydrogens is 294 g/mol. The lowest BCUT2D eigenvalue weighted by Gasteiger charge is -2.30. The fourth-order valence-corrected chi connectivity index (χ4v) is 4.18. The van der Waals surface area contributed by atoms with Gasteiger partial charge in [0.1, 0.15) is 5.69 Å². The third-order valence-corrected chi connectivity index (χ3v) is 5.37. The first kappa shape index (κ1) is 13.5. The number of aryl methyl sites for hydroxylation is 2.